The van der Waals surface area contributed by atoms with E-state index in [1.807, 2.05) is 24.3 Å². The number of nitrogen functional groups attached to an aromatic ring is 1. The molecule has 0 aliphatic heterocycles. The number of para-hydroxylation sites is 1. The minimum Gasteiger partial charge on any atom is -0.496 e. The lowest BCUT2D eigenvalue weighted by Gasteiger charge is -2.12. The summed E-state index contributed by atoms with van der Waals surface area (Å²) < 4.78 is 11.0. The van der Waals surface area contributed by atoms with Crippen molar-refractivity contribution in [3.05, 3.63) is 30.0 Å². The van der Waals surface area contributed by atoms with E-state index < -0.39 is 0 Å². The fourth-order valence-corrected chi connectivity index (χ4v) is 3.65. The lowest BCUT2D eigenvalue weighted by molar-refractivity contribution is 0.355. The maximum Gasteiger partial charge on any atom is 0.175 e. The molecule has 0 bridgehead atoms. The maximum atomic E-state index is 6.05. The van der Waals surface area contributed by atoms with Crippen LogP contribution in [-0.2, 0) is 0 Å². The molecule has 0 spiro atoms. The summed E-state index contributed by atoms with van der Waals surface area (Å²) in [5.41, 5.74) is 7.95. The zero-order chi connectivity index (χ0) is 13.7. The van der Waals surface area contributed by atoms with E-state index in [4.69, 9.17) is 15.0 Å². The van der Waals surface area contributed by atoms with Crippen molar-refractivity contribution in [2.45, 2.75) is 25.2 Å². The van der Waals surface area contributed by atoms with Gasteiger partial charge in [0, 0.05) is 11.5 Å². The Morgan fingerprint density at radius 1 is 1.20 bits per heavy atom. The number of benzene rings is 1. The van der Waals surface area contributed by atoms with Crippen molar-refractivity contribution in [1.82, 2.24) is 5.16 Å². The van der Waals surface area contributed by atoms with Crippen LogP contribution in [-0.4, -0.2) is 12.3 Å². The van der Waals surface area contributed by atoms with Crippen molar-refractivity contribution in [3.63, 3.8) is 0 Å². The highest BCUT2D eigenvalue weighted by molar-refractivity contribution is 5.80. The molecule has 2 aliphatic rings. The van der Waals surface area contributed by atoms with Crippen LogP contribution in [0.3, 0.4) is 0 Å². The van der Waals surface area contributed by atoms with Crippen molar-refractivity contribution in [3.8, 4) is 16.9 Å². The van der Waals surface area contributed by atoms with Gasteiger partial charge in [-0.25, -0.2) is 0 Å². The summed E-state index contributed by atoms with van der Waals surface area (Å²) in [6, 6.07) is 7.90. The molecule has 4 heteroatoms. The molecule has 2 fully saturated rings. The summed E-state index contributed by atoms with van der Waals surface area (Å²) in [6.45, 7) is 0. The molecule has 104 valence electrons. The number of anilines is 1. The Kier molecular flexibility index (Phi) is 2.52. The van der Waals surface area contributed by atoms with Gasteiger partial charge in [0.05, 0.1) is 12.7 Å². The lowest BCUT2D eigenvalue weighted by atomic mass is 9.93. The monoisotopic (exact) mass is 270 g/mol. The number of ether oxygens (including phenoxy) is 1. The zero-order valence-electron chi connectivity index (χ0n) is 11.5. The second-order valence-electron chi connectivity index (χ2n) is 5.93. The Balaban J connectivity index is 1.79. The van der Waals surface area contributed by atoms with E-state index in [9.17, 15) is 0 Å². The molecule has 2 aromatic rings. The van der Waals surface area contributed by atoms with Crippen LogP contribution < -0.4 is 10.5 Å². The quantitative estimate of drug-likeness (QED) is 0.928. The second-order valence-corrected chi connectivity index (χ2v) is 5.93. The van der Waals surface area contributed by atoms with Crippen LogP contribution in [0.15, 0.2) is 28.8 Å². The molecule has 0 radical (unpaired) electrons. The zero-order valence-corrected chi connectivity index (χ0v) is 11.5. The average Bonchev–Trinajstić information content (AvgIpc) is 2.91. The smallest absolute Gasteiger partial charge is 0.175 e. The molecule has 4 rings (SSSR count). The van der Waals surface area contributed by atoms with Gasteiger partial charge in [-0.05, 0) is 37.2 Å². The third-order valence-electron chi connectivity index (χ3n) is 4.74. The number of nitrogens with zero attached hydrogens (tertiary/aromatic N) is 1. The van der Waals surface area contributed by atoms with Crippen molar-refractivity contribution in [1.29, 1.82) is 0 Å². The summed E-state index contributed by atoms with van der Waals surface area (Å²) in [5.74, 6) is 4.48. The number of methoxy groups -OCH3 is 1. The normalized spacial score (nSPS) is 27.4. The molecular formula is C16H18N2O2. The van der Waals surface area contributed by atoms with Crippen molar-refractivity contribution >= 4 is 5.82 Å². The summed E-state index contributed by atoms with van der Waals surface area (Å²) >= 11 is 0. The molecule has 1 aromatic heterocycles. The van der Waals surface area contributed by atoms with Crippen molar-refractivity contribution in [2.75, 3.05) is 12.8 Å². The summed E-state index contributed by atoms with van der Waals surface area (Å²) in [6.07, 6.45) is 3.81. The molecule has 4 nitrogen and oxygen atoms in total. The van der Waals surface area contributed by atoms with Gasteiger partial charge in [0.2, 0.25) is 0 Å². The first kappa shape index (κ1) is 11.8. The average molecular weight is 270 g/mol. The van der Waals surface area contributed by atoms with E-state index in [0.29, 0.717) is 11.7 Å². The molecule has 2 saturated carbocycles. The highest BCUT2D eigenvalue weighted by Gasteiger charge is 2.48. The van der Waals surface area contributed by atoms with Crippen LogP contribution in [0.25, 0.3) is 11.1 Å². The van der Waals surface area contributed by atoms with Gasteiger partial charge < -0.3 is 15.0 Å². The van der Waals surface area contributed by atoms with Gasteiger partial charge in [-0.2, -0.15) is 0 Å². The maximum absolute atomic E-state index is 6.05. The largest absolute Gasteiger partial charge is 0.496 e. The molecule has 2 N–H and O–H groups in total. The number of nitrogens with two attached hydrogens (primary N) is 1. The highest BCUT2D eigenvalue weighted by Crippen LogP contribution is 2.59. The van der Waals surface area contributed by atoms with E-state index in [0.717, 1.165) is 34.5 Å². The van der Waals surface area contributed by atoms with Crippen molar-refractivity contribution < 1.29 is 9.26 Å². The van der Waals surface area contributed by atoms with Gasteiger partial charge >= 0.3 is 0 Å². The van der Waals surface area contributed by atoms with Crippen LogP contribution in [0.1, 0.15) is 30.9 Å². The van der Waals surface area contributed by atoms with E-state index in [2.05, 4.69) is 5.16 Å². The van der Waals surface area contributed by atoms with E-state index in [1.165, 1.54) is 19.3 Å². The van der Waals surface area contributed by atoms with Gasteiger partial charge in [-0.1, -0.05) is 23.4 Å². The van der Waals surface area contributed by atoms with Gasteiger partial charge in [0.15, 0.2) is 5.82 Å². The Bertz CT molecular complexity index is 640. The first-order chi connectivity index (χ1) is 9.78. The topological polar surface area (TPSA) is 61.3 Å². The van der Waals surface area contributed by atoms with Crippen LogP contribution in [0.2, 0.25) is 0 Å². The molecular weight excluding hydrogens is 252 g/mol. The van der Waals surface area contributed by atoms with E-state index >= 15 is 0 Å². The third kappa shape index (κ3) is 1.71. The molecule has 0 saturated heterocycles. The van der Waals surface area contributed by atoms with Gasteiger partial charge in [0.1, 0.15) is 11.5 Å². The molecule has 2 atom stereocenters. The predicted molar refractivity (Wildman–Crippen MR) is 76.5 cm³/mol. The Morgan fingerprint density at radius 3 is 2.70 bits per heavy atom. The molecule has 0 amide bonds. The van der Waals surface area contributed by atoms with E-state index in [-0.39, 0.29) is 0 Å². The van der Waals surface area contributed by atoms with E-state index in [1.54, 1.807) is 7.11 Å². The van der Waals surface area contributed by atoms with Crippen LogP contribution in [0.5, 0.6) is 5.75 Å². The molecule has 1 heterocycles. The minimum absolute atomic E-state index is 0.462. The molecule has 1 aromatic carbocycles. The molecule has 2 unspecified atom stereocenters. The Hall–Kier alpha value is -1.97. The molecule has 2 aliphatic carbocycles. The summed E-state index contributed by atoms with van der Waals surface area (Å²) in [4.78, 5) is 0. The second kappa shape index (κ2) is 4.27. The fraction of sp³-hybridized carbons (Fsp3) is 0.438. The Morgan fingerprint density at radius 2 is 1.95 bits per heavy atom. The summed E-state index contributed by atoms with van der Waals surface area (Å²) in [7, 11) is 1.67. The summed E-state index contributed by atoms with van der Waals surface area (Å²) in [5, 5.41) is 4.00. The number of rotatable bonds is 3. The van der Waals surface area contributed by atoms with Crippen LogP contribution in [0, 0.1) is 11.8 Å². The Labute approximate surface area is 117 Å². The van der Waals surface area contributed by atoms with Gasteiger partial charge in [-0.15, -0.1) is 0 Å². The number of fused-ring (bicyclic) bond motifs is 1. The first-order valence-corrected chi connectivity index (χ1v) is 7.16. The fourth-order valence-electron chi connectivity index (χ4n) is 3.65. The van der Waals surface area contributed by atoms with Gasteiger partial charge in [0.25, 0.3) is 0 Å². The standard InChI is InChI=1S/C16H18N2O2/c1-19-13-5-3-2-4-12(13)14-15(20-18-16(14)17)11-7-9-6-10(9)8-11/h2-5,9-11H,6-8H2,1H3,(H2,17,18). The number of hydrogen-bond acceptors (Lipinski definition) is 4. The SMILES string of the molecule is COc1ccccc1-c1c(N)noc1C1CC2CC2C1. The first-order valence-electron chi connectivity index (χ1n) is 7.16. The highest BCUT2D eigenvalue weighted by atomic mass is 16.5. The minimum atomic E-state index is 0.462. The predicted octanol–water partition coefficient (Wildman–Crippen LogP) is 3.45. The van der Waals surface area contributed by atoms with Crippen molar-refractivity contribution in [2.24, 2.45) is 11.8 Å². The van der Waals surface area contributed by atoms with Crippen LogP contribution in [0.4, 0.5) is 5.82 Å². The third-order valence-corrected chi connectivity index (χ3v) is 4.74. The number of aromatic nitrogens is 1. The van der Waals surface area contributed by atoms with Gasteiger partial charge in [-0.3, -0.25) is 0 Å². The lowest BCUT2D eigenvalue weighted by Crippen LogP contribution is -1.98. The number of hydrogen-bond donors (Lipinski definition) is 1. The van der Waals surface area contributed by atoms with Crippen LogP contribution >= 0.6 is 0 Å². The molecule has 20 heavy (non-hydrogen) atoms.